The van der Waals surface area contributed by atoms with Crippen molar-refractivity contribution in [2.75, 3.05) is 0 Å². The molecule has 0 bridgehead atoms. The summed E-state index contributed by atoms with van der Waals surface area (Å²) < 4.78 is 0. The quantitative estimate of drug-likeness (QED) is 0.537. The molecule has 6 nitrogen and oxygen atoms in total. The SMILES string of the molecule is CC(=O)NCc1ccc(CN2[C@@H](c3ncccc3C)CCC[C@H]2c2ncccc2C)c(CO)c1. The molecule has 0 saturated carbocycles. The molecule has 0 spiro atoms. The van der Waals surface area contributed by atoms with E-state index < -0.39 is 0 Å². The van der Waals surface area contributed by atoms with Gasteiger partial charge in [-0.3, -0.25) is 19.7 Å². The fourth-order valence-corrected chi connectivity index (χ4v) is 5.07. The van der Waals surface area contributed by atoms with Gasteiger partial charge < -0.3 is 10.4 Å². The Hall–Kier alpha value is -3.09. The molecule has 1 aliphatic heterocycles. The minimum absolute atomic E-state index is 0.0440. The van der Waals surface area contributed by atoms with Gasteiger partial charge in [-0.25, -0.2) is 0 Å². The Bertz CT molecular complexity index is 1090. The highest BCUT2D eigenvalue weighted by atomic mass is 16.3. The van der Waals surface area contributed by atoms with E-state index >= 15 is 0 Å². The molecule has 34 heavy (non-hydrogen) atoms. The lowest BCUT2D eigenvalue weighted by Gasteiger charge is -2.43. The van der Waals surface area contributed by atoms with Crippen molar-refractivity contribution < 1.29 is 9.90 Å². The average molecular weight is 459 g/mol. The zero-order valence-corrected chi connectivity index (χ0v) is 20.3. The van der Waals surface area contributed by atoms with E-state index in [0.29, 0.717) is 13.1 Å². The highest BCUT2D eigenvalue weighted by Crippen LogP contribution is 2.43. The van der Waals surface area contributed by atoms with Crippen LogP contribution in [-0.4, -0.2) is 25.9 Å². The van der Waals surface area contributed by atoms with E-state index in [-0.39, 0.29) is 24.6 Å². The number of hydrogen-bond donors (Lipinski definition) is 2. The van der Waals surface area contributed by atoms with Gasteiger partial charge in [-0.05, 0) is 73.1 Å². The van der Waals surface area contributed by atoms with E-state index in [1.165, 1.54) is 18.1 Å². The minimum Gasteiger partial charge on any atom is -0.392 e. The van der Waals surface area contributed by atoms with Crippen molar-refractivity contribution in [1.82, 2.24) is 20.2 Å². The van der Waals surface area contributed by atoms with Crippen LogP contribution in [0.4, 0.5) is 0 Å². The van der Waals surface area contributed by atoms with Crippen molar-refractivity contribution in [3.8, 4) is 0 Å². The Labute approximate surface area is 202 Å². The van der Waals surface area contributed by atoms with Gasteiger partial charge in [0, 0.05) is 32.4 Å². The Morgan fingerprint density at radius 2 is 1.62 bits per heavy atom. The molecule has 2 N–H and O–H groups in total. The minimum atomic E-state index is -0.0647. The normalized spacial score (nSPS) is 18.6. The molecule has 0 unspecified atom stereocenters. The second kappa shape index (κ2) is 10.9. The maximum Gasteiger partial charge on any atom is 0.217 e. The summed E-state index contributed by atoms with van der Waals surface area (Å²) in [5.41, 5.74) is 7.60. The van der Waals surface area contributed by atoms with Crippen LogP contribution in [0.3, 0.4) is 0 Å². The van der Waals surface area contributed by atoms with Gasteiger partial charge in [0.2, 0.25) is 5.91 Å². The van der Waals surface area contributed by atoms with Crippen molar-refractivity contribution in [3.05, 3.63) is 94.1 Å². The molecular formula is C28H34N4O2. The molecule has 0 radical (unpaired) electrons. The second-order valence-corrected chi connectivity index (χ2v) is 9.22. The first-order valence-electron chi connectivity index (χ1n) is 12.0. The third kappa shape index (κ3) is 5.34. The molecule has 4 rings (SSSR count). The molecule has 1 saturated heterocycles. The predicted octanol–water partition coefficient (Wildman–Crippen LogP) is 4.69. The number of pyridine rings is 2. The molecule has 178 valence electrons. The zero-order valence-electron chi connectivity index (χ0n) is 20.3. The fourth-order valence-electron chi connectivity index (χ4n) is 5.07. The van der Waals surface area contributed by atoms with Gasteiger partial charge in [-0.1, -0.05) is 30.3 Å². The van der Waals surface area contributed by atoms with Gasteiger partial charge in [0.15, 0.2) is 0 Å². The number of piperidine rings is 1. The van der Waals surface area contributed by atoms with Gasteiger partial charge in [0.1, 0.15) is 0 Å². The topological polar surface area (TPSA) is 78.4 Å². The number of aliphatic hydroxyl groups excluding tert-OH is 1. The van der Waals surface area contributed by atoms with Crippen molar-refractivity contribution in [2.24, 2.45) is 0 Å². The van der Waals surface area contributed by atoms with Crippen molar-refractivity contribution in [1.29, 1.82) is 0 Å². The monoisotopic (exact) mass is 458 g/mol. The smallest absolute Gasteiger partial charge is 0.217 e. The highest BCUT2D eigenvalue weighted by molar-refractivity contribution is 5.72. The summed E-state index contributed by atoms with van der Waals surface area (Å²) in [5, 5.41) is 13.0. The van der Waals surface area contributed by atoms with E-state index in [9.17, 15) is 9.90 Å². The number of carbonyl (C=O) groups is 1. The molecule has 1 fully saturated rings. The van der Waals surface area contributed by atoms with E-state index in [2.05, 4.69) is 42.3 Å². The molecule has 1 aliphatic rings. The maximum absolute atomic E-state index is 11.3. The molecule has 2 aromatic heterocycles. The number of nitrogens with zero attached hydrogens (tertiary/aromatic N) is 3. The average Bonchev–Trinajstić information content (AvgIpc) is 2.84. The maximum atomic E-state index is 11.3. The molecule has 1 aromatic carbocycles. The number of carbonyl (C=O) groups excluding carboxylic acids is 1. The first-order valence-corrected chi connectivity index (χ1v) is 12.0. The van der Waals surface area contributed by atoms with E-state index in [1.807, 2.05) is 36.7 Å². The molecule has 0 aliphatic carbocycles. The molecular weight excluding hydrogens is 424 g/mol. The van der Waals surface area contributed by atoms with Gasteiger partial charge in [-0.15, -0.1) is 0 Å². The number of nitrogens with one attached hydrogen (secondary N) is 1. The van der Waals surface area contributed by atoms with Crippen LogP contribution in [0.1, 0.15) is 77.5 Å². The lowest BCUT2D eigenvalue weighted by molar-refractivity contribution is -0.119. The van der Waals surface area contributed by atoms with Crippen molar-refractivity contribution in [2.45, 2.75) is 71.8 Å². The molecule has 3 aromatic rings. The van der Waals surface area contributed by atoms with Crippen LogP contribution < -0.4 is 5.32 Å². The summed E-state index contributed by atoms with van der Waals surface area (Å²) in [4.78, 5) is 23.4. The standard InChI is InChI=1S/C28H34N4O2/c1-19-7-5-13-29-27(19)25-9-4-10-26(28-20(2)8-6-14-30-28)32(25)17-23-12-11-22(15-24(23)18-33)16-31-21(3)34/h5-8,11-15,25-26,33H,4,9-10,16-18H2,1-3H3,(H,31,34)/t25-,26+. The first-order chi connectivity index (χ1) is 16.5. The van der Waals surface area contributed by atoms with Crippen LogP contribution in [0.25, 0.3) is 0 Å². The summed E-state index contributed by atoms with van der Waals surface area (Å²) in [6, 6.07) is 14.7. The number of likely N-dealkylation sites (tertiary alicyclic amines) is 1. The Balaban J connectivity index is 1.72. The Kier molecular flexibility index (Phi) is 7.70. The van der Waals surface area contributed by atoms with Crippen LogP contribution in [0.15, 0.2) is 54.9 Å². The predicted molar refractivity (Wildman–Crippen MR) is 133 cm³/mol. The Morgan fingerprint density at radius 3 is 2.15 bits per heavy atom. The summed E-state index contributed by atoms with van der Waals surface area (Å²) in [7, 11) is 0. The number of aryl methyl sites for hydroxylation is 2. The highest BCUT2D eigenvalue weighted by Gasteiger charge is 2.35. The van der Waals surface area contributed by atoms with Crippen LogP contribution in [0.5, 0.6) is 0 Å². The summed E-state index contributed by atoms with van der Waals surface area (Å²) in [5.74, 6) is -0.0647. The van der Waals surface area contributed by atoms with Gasteiger partial charge >= 0.3 is 0 Å². The van der Waals surface area contributed by atoms with Gasteiger partial charge in [0.25, 0.3) is 0 Å². The summed E-state index contributed by atoms with van der Waals surface area (Å²) in [6.45, 7) is 6.88. The number of aromatic nitrogens is 2. The molecule has 3 heterocycles. The zero-order chi connectivity index (χ0) is 24.1. The van der Waals surface area contributed by atoms with E-state index in [1.54, 1.807) is 0 Å². The van der Waals surface area contributed by atoms with Gasteiger partial charge in [-0.2, -0.15) is 0 Å². The first kappa shape index (κ1) is 24.0. The van der Waals surface area contributed by atoms with Crippen molar-refractivity contribution >= 4 is 5.91 Å². The third-order valence-electron chi connectivity index (χ3n) is 6.82. The fraction of sp³-hybridized carbons (Fsp3) is 0.393. The largest absolute Gasteiger partial charge is 0.392 e. The number of hydrogen-bond acceptors (Lipinski definition) is 5. The van der Waals surface area contributed by atoms with E-state index in [4.69, 9.17) is 9.97 Å². The van der Waals surface area contributed by atoms with Crippen LogP contribution in [-0.2, 0) is 24.5 Å². The van der Waals surface area contributed by atoms with Gasteiger partial charge in [0.05, 0.1) is 30.1 Å². The molecule has 2 atom stereocenters. The summed E-state index contributed by atoms with van der Waals surface area (Å²) in [6.07, 6.45) is 6.95. The van der Waals surface area contributed by atoms with Crippen LogP contribution in [0, 0.1) is 13.8 Å². The van der Waals surface area contributed by atoms with Crippen LogP contribution >= 0.6 is 0 Å². The molecule has 6 heteroatoms. The third-order valence-corrected chi connectivity index (χ3v) is 6.82. The lowest BCUT2D eigenvalue weighted by Crippen LogP contribution is -2.37. The second-order valence-electron chi connectivity index (χ2n) is 9.22. The number of amides is 1. The number of rotatable bonds is 7. The van der Waals surface area contributed by atoms with Crippen molar-refractivity contribution in [3.63, 3.8) is 0 Å². The lowest BCUT2D eigenvalue weighted by atomic mass is 9.88. The Morgan fingerprint density at radius 1 is 1.00 bits per heavy atom. The summed E-state index contributed by atoms with van der Waals surface area (Å²) >= 11 is 0. The number of benzene rings is 1. The number of aliphatic hydroxyl groups is 1. The molecule has 1 amide bonds. The van der Waals surface area contributed by atoms with E-state index in [0.717, 1.165) is 47.3 Å². The van der Waals surface area contributed by atoms with Crippen LogP contribution in [0.2, 0.25) is 0 Å².